The Morgan fingerprint density at radius 3 is 3.00 bits per heavy atom. The summed E-state index contributed by atoms with van der Waals surface area (Å²) in [6.45, 7) is 1.82. The predicted octanol–water partition coefficient (Wildman–Crippen LogP) is 1.65. The third-order valence-electron chi connectivity index (χ3n) is 2.73. The molecule has 1 aromatic rings. The first kappa shape index (κ1) is 8.45. The van der Waals surface area contributed by atoms with Crippen molar-refractivity contribution in [2.24, 2.45) is 0 Å². The molecule has 0 aliphatic heterocycles. The van der Waals surface area contributed by atoms with E-state index in [1.54, 1.807) is 6.07 Å². The van der Waals surface area contributed by atoms with Crippen molar-refractivity contribution in [1.82, 2.24) is 0 Å². The highest BCUT2D eigenvalue weighted by atomic mass is 16.3. The molecule has 1 aromatic carbocycles. The van der Waals surface area contributed by atoms with Gasteiger partial charge in [0, 0.05) is 5.56 Å². The van der Waals surface area contributed by atoms with E-state index in [1.165, 1.54) is 0 Å². The summed E-state index contributed by atoms with van der Waals surface area (Å²) in [6.07, 6.45) is 2.46. The lowest BCUT2D eigenvalue weighted by atomic mass is 9.98. The van der Waals surface area contributed by atoms with Gasteiger partial charge in [-0.2, -0.15) is 0 Å². The van der Waals surface area contributed by atoms with Crippen LogP contribution >= 0.6 is 0 Å². The molecule has 1 N–H and O–H groups in total. The average molecular weight is 176 g/mol. The highest BCUT2D eigenvalue weighted by molar-refractivity contribution is 5.75. The SMILES string of the molecule is CC1(O)CCc2cc(C=O)ccc21. The lowest BCUT2D eigenvalue weighted by Gasteiger charge is -2.17. The molecule has 0 heterocycles. The lowest BCUT2D eigenvalue weighted by molar-refractivity contribution is 0.0594. The molecule has 0 spiro atoms. The fourth-order valence-corrected chi connectivity index (χ4v) is 1.93. The predicted molar refractivity (Wildman–Crippen MR) is 49.7 cm³/mol. The number of aldehydes is 1. The number of hydrogen-bond donors (Lipinski definition) is 1. The van der Waals surface area contributed by atoms with Gasteiger partial charge in [0.2, 0.25) is 0 Å². The molecule has 2 heteroatoms. The van der Waals surface area contributed by atoms with Crippen LogP contribution in [0, 0.1) is 0 Å². The number of aryl methyl sites for hydroxylation is 1. The highest BCUT2D eigenvalue weighted by Gasteiger charge is 2.31. The molecular formula is C11H12O2. The third-order valence-corrected chi connectivity index (χ3v) is 2.73. The van der Waals surface area contributed by atoms with Gasteiger partial charge in [-0.3, -0.25) is 4.79 Å². The minimum Gasteiger partial charge on any atom is -0.385 e. The molecule has 1 aliphatic carbocycles. The van der Waals surface area contributed by atoms with Crippen molar-refractivity contribution < 1.29 is 9.90 Å². The fraction of sp³-hybridized carbons (Fsp3) is 0.364. The van der Waals surface area contributed by atoms with E-state index in [4.69, 9.17) is 0 Å². The second-order valence-corrected chi connectivity index (χ2v) is 3.81. The van der Waals surface area contributed by atoms with Gasteiger partial charge in [0.1, 0.15) is 6.29 Å². The van der Waals surface area contributed by atoms with Crippen molar-refractivity contribution in [3.05, 3.63) is 34.9 Å². The largest absolute Gasteiger partial charge is 0.385 e. The van der Waals surface area contributed by atoms with Gasteiger partial charge in [0.15, 0.2) is 0 Å². The zero-order chi connectivity index (χ0) is 9.47. The van der Waals surface area contributed by atoms with Gasteiger partial charge in [-0.15, -0.1) is 0 Å². The van der Waals surface area contributed by atoms with Gasteiger partial charge < -0.3 is 5.11 Å². The smallest absolute Gasteiger partial charge is 0.150 e. The van der Waals surface area contributed by atoms with E-state index in [1.807, 2.05) is 19.1 Å². The minimum atomic E-state index is -0.698. The fourth-order valence-electron chi connectivity index (χ4n) is 1.93. The number of hydrogen-bond acceptors (Lipinski definition) is 2. The van der Waals surface area contributed by atoms with Crippen LogP contribution in [0.15, 0.2) is 18.2 Å². The van der Waals surface area contributed by atoms with Crippen LogP contribution in [-0.4, -0.2) is 11.4 Å². The number of carbonyl (C=O) groups is 1. The monoisotopic (exact) mass is 176 g/mol. The topological polar surface area (TPSA) is 37.3 Å². The Morgan fingerprint density at radius 2 is 2.31 bits per heavy atom. The summed E-state index contributed by atoms with van der Waals surface area (Å²) in [7, 11) is 0. The van der Waals surface area contributed by atoms with Gasteiger partial charge in [0.05, 0.1) is 5.60 Å². The van der Waals surface area contributed by atoms with Crippen molar-refractivity contribution in [3.8, 4) is 0 Å². The van der Waals surface area contributed by atoms with Gasteiger partial charge in [-0.1, -0.05) is 12.1 Å². The third kappa shape index (κ3) is 1.27. The standard InChI is InChI=1S/C11H12O2/c1-11(13)5-4-9-6-8(7-12)2-3-10(9)11/h2-3,6-7,13H,4-5H2,1H3. The molecule has 1 atom stereocenters. The number of aliphatic hydroxyl groups is 1. The van der Waals surface area contributed by atoms with E-state index in [9.17, 15) is 9.90 Å². The molecule has 1 aliphatic rings. The molecular weight excluding hydrogens is 164 g/mol. The van der Waals surface area contributed by atoms with Gasteiger partial charge in [0.25, 0.3) is 0 Å². The van der Waals surface area contributed by atoms with Crippen molar-refractivity contribution in [1.29, 1.82) is 0 Å². The number of fused-ring (bicyclic) bond motifs is 1. The number of rotatable bonds is 1. The molecule has 0 fully saturated rings. The first-order valence-electron chi connectivity index (χ1n) is 4.44. The Morgan fingerprint density at radius 1 is 1.54 bits per heavy atom. The molecule has 0 saturated carbocycles. The van der Waals surface area contributed by atoms with E-state index in [2.05, 4.69) is 0 Å². The highest BCUT2D eigenvalue weighted by Crippen LogP contribution is 2.36. The van der Waals surface area contributed by atoms with Crippen molar-refractivity contribution in [2.45, 2.75) is 25.4 Å². The molecule has 0 saturated heterocycles. The molecule has 0 aromatic heterocycles. The van der Waals surface area contributed by atoms with Gasteiger partial charge in [-0.05, 0) is 37.0 Å². The Labute approximate surface area is 77.2 Å². The Balaban J connectivity index is 2.52. The van der Waals surface area contributed by atoms with Crippen LogP contribution in [0.1, 0.15) is 34.8 Å². The Kier molecular flexibility index (Phi) is 1.74. The van der Waals surface area contributed by atoms with Crippen LogP contribution in [0.3, 0.4) is 0 Å². The van der Waals surface area contributed by atoms with E-state index in [0.29, 0.717) is 5.56 Å². The lowest BCUT2D eigenvalue weighted by Crippen LogP contribution is -2.16. The van der Waals surface area contributed by atoms with Crippen LogP contribution in [0.5, 0.6) is 0 Å². The summed E-state index contributed by atoms with van der Waals surface area (Å²) in [6, 6.07) is 5.47. The minimum absolute atomic E-state index is 0.691. The summed E-state index contributed by atoms with van der Waals surface area (Å²) in [4.78, 5) is 10.5. The van der Waals surface area contributed by atoms with Gasteiger partial charge >= 0.3 is 0 Å². The van der Waals surface area contributed by atoms with Crippen LogP contribution in [0.25, 0.3) is 0 Å². The van der Waals surface area contributed by atoms with E-state index >= 15 is 0 Å². The average Bonchev–Trinajstić information content (AvgIpc) is 2.42. The molecule has 0 amide bonds. The summed E-state index contributed by atoms with van der Waals surface area (Å²) in [5, 5.41) is 9.92. The normalized spacial score (nSPS) is 25.7. The number of benzene rings is 1. The molecule has 0 radical (unpaired) electrons. The van der Waals surface area contributed by atoms with Gasteiger partial charge in [-0.25, -0.2) is 0 Å². The summed E-state index contributed by atoms with van der Waals surface area (Å²) >= 11 is 0. The molecule has 2 nitrogen and oxygen atoms in total. The second-order valence-electron chi connectivity index (χ2n) is 3.81. The zero-order valence-corrected chi connectivity index (χ0v) is 7.58. The molecule has 13 heavy (non-hydrogen) atoms. The maximum Gasteiger partial charge on any atom is 0.150 e. The van der Waals surface area contributed by atoms with E-state index in [-0.39, 0.29) is 0 Å². The molecule has 2 rings (SSSR count). The van der Waals surface area contributed by atoms with Crippen LogP contribution in [0.2, 0.25) is 0 Å². The van der Waals surface area contributed by atoms with Crippen molar-refractivity contribution in [2.75, 3.05) is 0 Å². The van der Waals surface area contributed by atoms with Crippen molar-refractivity contribution in [3.63, 3.8) is 0 Å². The molecule has 0 bridgehead atoms. The maximum atomic E-state index is 10.5. The van der Waals surface area contributed by atoms with E-state index < -0.39 is 5.60 Å². The molecule has 1 unspecified atom stereocenters. The van der Waals surface area contributed by atoms with E-state index in [0.717, 1.165) is 30.3 Å². The molecule has 68 valence electrons. The summed E-state index contributed by atoms with van der Waals surface area (Å²) in [5.41, 5.74) is 2.07. The second kappa shape index (κ2) is 2.67. The summed E-state index contributed by atoms with van der Waals surface area (Å²) in [5.74, 6) is 0. The van der Waals surface area contributed by atoms with Crippen LogP contribution in [-0.2, 0) is 12.0 Å². The Bertz CT molecular complexity index is 353. The maximum absolute atomic E-state index is 10.5. The Hall–Kier alpha value is -1.15. The first-order valence-corrected chi connectivity index (χ1v) is 4.44. The van der Waals surface area contributed by atoms with Crippen molar-refractivity contribution >= 4 is 6.29 Å². The van der Waals surface area contributed by atoms with Crippen LogP contribution in [0.4, 0.5) is 0 Å². The van der Waals surface area contributed by atoms with Crippen LogP contribution < -0.4 is 0 Å². The number of carbonyl (C=O) groups excluding carboxylic acids is 1. The zero-order valence-electron chi connectivity index (χ0n) is 7.58. The first-order chi connectivity index (χ1) is 6.13. The quantitative estimate of drug-likeness (QED) is 0.660. The summed E-state index contributed by atoms with van der Waals surface area (Å²) < 4.78 is 0.